The van der Waals surface area contributed by atoms with Crippen molar-refractivity contribution in [2.45, 2.75) is 46.1 Å². The van der Waals surface area contributed by atoms with Crippen molar-refractivity contribution in [1.82, 2.24) is 5.32 Å². The fraction of sp³-hybridized carbons (Fsp3) is 0.588. The molecule has 1 fully saturated rings. The molecule has 2 N–H and O–H groups in total. The molecular weight excluding hydrogens is 248 g/mol. The van der Waals surface area contributed by atoms with Gasteiger partial charge in [0.1, 0.15) is 0 Å². The smallest absolute Gasteiger partial charge is 0.251 e. The van der Waals surface area contributed by atoms with Crippen LogP contribution in [0.1, 0.15) is 50.4 Å². The highest BCUT2D eigenvalue weighted by Gasteiger charge is 2.25. The van der Waals surface area contributed by atoms with Gasteiger partial charge in [-0.05, 0) is 49.8 Å². The van der Waals surface area contributed by atoms with Crippen LogP contribution in [0.2, 0.25) is 0 Å². The van der Waals surface area contributed by atoms with Crippen LogP contribution in [0.5, 0.6) is 0 Å². The predicted molar refractivity (Wildman–Crippen MR) is 84.0 cm³/mol. The van der Waals surface area contributed by atoms with E-state index in [1.807, 2.05) is 25.1 Å². The maximum Gasteiger partial charge on any atom is 0.251 e. The first kappa shape index (κ1) is 14.9. The summed E-state index contributed by atoms with van der Waals surface area (Å²) in [7, 11) is 0. The number of rotatable bonds is 4. The molecule has 1 aromatic rings. The van der Waals surface area contributed by atoms with E-state index in [4.69, 9.17) is 0 Å². The van der Waals surface area contributed by atoms with Crippen LogP contribution in [-0.4, -0.2) is 18.5 Å². The molecule has 3 nitrogen and oxygen atoms in total. The number of hydrogen-bond acceptors (Lipinski definition) is 2. The molecule has 0 heterocycles. The van der Waals surface area contributed by atoms with Crippen molar-refractivity contribution in [3.05, 3.63) is 29.8 Å². The van der Waals surface area contributed by atoms with E-state index in [1.54, 1.807) is 0 Å². The fourth-order valence-corrected chi connectivity index (χ4v) is 2.96. The van der Waals surface area contributed by atoms with Gasteiger partial charge in [0.2, 0.25) is 0 Å². The van der Waals surface area contributed by atoms with Crippen LogP contribution in [0.15, 0.2) is 24.3 Å². The van der Waals surface area contributed by atoms with Gasteiger partial charge >= 0.3 is 0 Å². The normalized spacial score (nSPS) is 26.1. The van der Waals surface area contributed by atoms with E-state index in [1.165, 1.54) is 19.3 Å². The molecule has 0 aliphatic heterocycles. The van der Waals surface area contributed by atoms with Gasteiger partial charge in [-0.15, -0.1) is 0 Å². The van der Waals surface area contributed by atoms with Crippen LogP contribution in [0.4, 0.5) is 5.69 Å². The standard InChI is InChI=1S/C17H26N2O/c1-4-18-17(20)14-6-5-7-15(11-14)19-16-10-12(2)8-9-13(16)3/h5-7,11-13,16,19H,4,8-10H2,1-3H3,(H,18,20). The first-order chi connectivity index (χ1) is 9.60. The van der Waals surface area contributed by atoms with Crippen LogP contribution in [-0.2, 0) is 0 Å². The zero-order chi connectivity index (χ0) is 14.5. The van der Waals surface area contributed by atoms with Crippen molar-refractivity contribution in [1.29, 1.82) is 0 Å². The largest absolute Gasteiger partial charge is 0.382 e. The highest BCUT2D eigenvalue weighted by atomic mass is 16.1. The second kappa shape index (κ2) is 6.78. The van der Waals surface area contributed by atoms with Crippen molar-refractivity contribution < 1.29 is 4.79 Å². The maximum absolute atomic E-state index is 11.9. The number of carbonyl (C=O) groups is 1. The third-order valence-corrected chi connectivity index (χ3v) is 4.27. The molecule has 0 aromatic heterocycles. The SMILES string of the molecule is CCNC(=O)c1cccc(NC2CC(C)CCC2C)c1. The molecule has 0 saturated heterocycles. The minimum atomic E-state index is 0.00112. The van der Waals surface area contributed by atoms with E-state index in [9.17, 15) is 4.79 Å². The second-order valence-corrected chi connectivity index (χ2v) is 6.09. The van der Waals surface area contributed by atoms with Crippen LogP contribution >= 0.6 is 0 Å². The first-order valence-corrected chi connectivity index (χ1v) is 7.75. The summed E-state index contributed by atoms with van der Waals surface area (Å²) in [6.07, 6.45) is 3.83. The van der Waals surface area contributed by atoms with Crippen LogP contribution < -0.4 is 10.6 Å². The van der Waals surface area contributed by atoms with Crippen LogP contribution in [0.25, 0.3) is 0 Å². The van der Waals surface area contributed by atoms with Crippen molar-refractivity contribution >= 4 is 11.6 Å². The predicted octanol–water partition coefficient (Wildman–Crippen LogP) is 3.67. The lowest BCUT2D eigenvalue weighted by molar-refractivity contribution is 0.0956. The molecule has 110 valence electrons. The van der Waals surface area contributed by atoms with Gasteiger partial charge in [0.15, 0.2) is 0 Å². The Morgan fingerprint density at radius 2 is 2.10 bits per heavy atom. The maximum atomic E-state index is 11.9. The number of anilines is 1. The second-order valence-electron chi connectivity index (χ2n) is 6.09. The van der Waals surface area contributed by atoms with Gasteiger partial charge in [-0.25, -0.2) is 0 Å². The van der Waals surface area contributed by atoms with Gasteiger partial charge in [-0.2, -0.15) is 0 Å². The molecular formula is C17H26N2O. The highest BCUT2D eigenvalue weighted by molar-refractivity contribution is 5.95. The van der Waals surface area contributed by atoms with Gasteiger partial charge in [0.25, 0.3) is 5.91 Å². The molecule has 1 saturated carbocycles. The number of hydrogen-bond donors (Lipinski definition) is 2. The van der Waals surface area contributed by atoms with Gasteiger partial charge in [-0.1, -0.05) is 26.3 Å². The summed E-state index contributed by atoms with van der Waals surface area (Å²) in [6, 6.07) is 8.33. The van der Waals surface area contributed by atoms with Gasteiger partial charge in [0, 0.05) is 23.8 Å². The van der Waals surface area contributed by atoms with Crippen molar-refractivity contribution in [3.63, 3.8) is 0 Å². The van der Waals surface area contributed by atoms with Crippen molar-refractivity contribution in [2.75, 3.05) is 11.9 Å². The van der Waals surface area contributed by atoms with E-state index >= 15 is 0 Å². The van der Waals surface area contributed by atoms with Crippen molar-refractivity contribution in [3.8, 4) is 0 Å². The summed E-state index contributed by atoms with van der Waals surface area (Å²) in [5, 5.41) is 6.46. The zero-order valence-corrected chi connectivity index (χ0v) is 12.8. The molecule has 3 heteroatoms. The molecule has 3 unspecified atom stereocenters. The molecule has 3 atom stereocenters. The van der Waals surface area contributed by atoms with Crippen LogP contribution in [0.3, 0.4) is 0 Å². The molecule has 1 aromatic carbocycles. The van der Waals surface area contributed by atoms with E-state index in [-0.39, 0.29) is 5.91 Å². The quantitative estimate of drug-likeness (QED) is 0.879. The summed E-state index contributed by atoms with van der Waals surface area (Å²) >= 11 is 0. The number of amides is 1. The first-order valence-electron chi connectivity index (χ1n) is 7.75. The number of carbonyl (C=O) groups excluding carboxylic acids is 1. The Balaban J connectivity index is 2.05. The lowest BCUT2D eigenvalue weighted by Gasteiger charge is -2.34. The minimum absolute atomic E-state index is 0.00112. The fourth-order valence-electron chi connectivity index (χ4n) is 2.96. The highest BCUT2D eigenvalue weighted by Crippen LogP contribution is 2.30. The molecule has 0 bridgehead atoms. The summed E-state index contributed by atoms with van der Waals surface area (Å²) in [5.74, 6) is 1.48. The Labute approximate surface area is 122 Å². The Morgan fingerprint density at radius 1 is 1.30 bits per heavy atom. The van der Waals surface area contributed by atoms with Crippen LogP contribution in [0, 0.1) is 11.8 Å². The van der Waals surface area contributed by atoms with E-state index in [0.29, 0.717) is 18.5 Å². The number of benzene rings is 1. The summed E-state index contributed by atoms with van der Waals surface area (Å²) in [6.45, 7) is 7.24. The Kier molecular flexibility index (Phi) is 5.05. The molecule has 2 rings (SSSR count). The van der Waals surface area contributed by atoms with Gasteiger partial charge < -0.3 is 10.6 Å². The van der Waals surface area contributed by atoms with E-state index in [2.05, 4.69) is 30.5 Å². The Bertz CT molecular complexity index is 458. The lowest BCUT2D eigenvalue weighted by Crippen LogP contribution is -2.33. The summed E-state index contributed by atoms with van der Waals surface area (Å²) in [4.78, 5) is 11.9. The average molecular weight is 274 g/mol. The molecule has 0 radical (unpaired) electrons. The topological polar surface area (TPSA) is 41.1 Å². The van der Waals surface area contributed by atoms with E-state index in [0.717, 1.165) is 17.2 Å². The monoisotopic (exact) mass is 274 g/mol. The molecule has 1 aliphatic carbocycles. The summed E-state index contributed by atoms with van der Waals surface area (Å²) in [5.41, 5.74) is 1.79. The average Bonchev–Trinajstić information content (AvgIpc) is 2.43. The number of nitrogens with one attached hydrogen (secondary N) is 2. The molecule has 20 heavy (non-hydrogen) atoms. The minimum Gasteiger partial charge on any atom is -0.382 e. The van der Waals surface area contributed by atoms with Crippen molar-refractivity contribution in [2.24, 2.45) is 11.8 Å². The van der Waals surface area contributed by atoms with E-state index < -0.39 is 0 Å². The lowest BCUT2D eigenvalue weighted by atomic mass is 9.80. The van der Waals surface area contributed by atoms with Gasteiger partial charge in [-0.3, -0.25) is 4.79 Å². The molecule has 1 amide bonds. The summed E-state index contributed by atoms with van der Waals surface area (Å²) < 4.78 is 0. The molecule has 1 aliphatic rings. The third-order valence-electron chi connectivity index (χ3n) is 4.27. The zero-order valence-electron chi connectivity index (χ0n) is 12.8. The Morgan fingerprint density at radius 3 is 2.85 bits per heavy atom. The van der Waals surface area contributed by atoms with Gasteiger partial charge in [0.05, 0.1) is 0 Å². The molecule has 0 spiro atoms. The third kappa shape index (κ3) is 3.75. The Hall–Kier alpha value is -1.51.